The van der Waals surface area contributed by atoms with Crippen LogP contribution in [0.1, 0.15) is 65.4 Å². The van der Waals surface area contributed by atoms with E-state index in [-0.39, 0.29) is 18.1 Å². The van der Waals surface area contributed by atoms with Crippen LogP contribution in [-0.2, 0) is 4.74 Å². The molecule has 0 radical (unpaired) electrons. The molecule has 0 bridgehead atoms. The Kier molecular flexibility index (Phi) is 8.40. The van der Waals surface area contributed by atoms with E-state index in [1.807, 2.05) is 48.7 Å². The van der Waals surface area contributed by atoms with Gasteiger partial charge in [-0.15, -0.1) is 0 Å². The summed E-state index contributed by atoms with van der Waals surface area (Å²) in [5, 5.41) is 4.91. The predicted molar refractivity (Wildman–Crippen MR) is 181 cm³/mol. The number of piperidine rings is 1. The molecule has 2 aromatic heterocycles. The van der Waals surface area contributed by atoms with Crippen molar-refractivity contribution in [2.24, 2.45) is 11.8 Å². The molecular weight excluding hydrogens is 590 g/mol. The van der Waals surface area contributed by atoms with Crippen molar-refractivity contribution in [2.75, 3.05) is 30.0 Å². The van der Waals surface area contributed by atoms with Gasteiger partial charge >= 0.3 is 5.97 Å². The molecule has 9 heteroatoms. The molecular formula is C35H38ClN5O2S. The summed E-state index contributed by atoms with van der Waals surface area (Å²) in [5.41, 5.74) is 7.48. The number of methoxy groups -OCH3 is 1. The van der Waals surface area contributed by atoms with Gasteiger partial charge in [0.25, 0.3) is 0 Å². The van der Waals surface area contributed by atoms with Gasteiger partial charge in [-0.2, -0.15) is 0 Å². The van der Waals surface area contributed by atoms with E-state index < -0.39 is 0 Å². The number of carbonyl (C=O) groups is 1. The number of nitrogens with zero attached hydrogens (tertiary/aromatic N) is 4. The number of hydrogen-bond acceptors (Lipinski definition) is 5. The van der Waals surface area contributed by atoms with Gasteiger partial charge in [-0.1, -0.05) is 37.6 Å². The van der Waals surface area contributed by atoms with Crippen molar-refractivity contribution in [3.8, 4) is 5.69 Å². The zero-order valence-corrected chi connectivity index (χ0v) is 27.3. The molecule has 6 rings (SSSR count). The minimum atomic E-state index is -0.366. The van der Waals surface area contributed by atoms with Gasteiger partial charge in [-0.05, 0) is 104 Å². The number of benzene rings is 2. The maximum Gasteiger partial charge on any atom is 0.337 e. The number of thiocarbonyl (C=S) groups is 1. The van der Waals surface area contributed by atoms with Crippen LogP contribution in [0, 0.1) is 25.7 Å². The second-order valence-corrected chi connectivity index (χ2v) is 13.0. The summed E-state index contributed by atoms with van der Waals surface area (Å²) in [6.45, 7) is 10.8. The van der Waals surface area contributed by atoms with Crippen molar-refractivity contribution in [1.29, 1.82) is 0 Å². The van der Waals surface area contributed by atoms with Gasteiger partial charge in [0.05, 0.1) is 41.2 Å². The quantitative estimate of drug-likeness (QED) is 0.175. The Morgan fingerprint density at radius 2 is 1.77 bits per heavy atom. The smallest absolute Gasteiger partial charge is 0.337 e. The third-order valence-corrected chi connectivity index (χ3v) is 9.45. The molecule has 2 aliphatic rings. The molecule has 0 amide bonds. The lowest BCUT2D eigenvalue weighted by atomic mass is 9.91. The summed E-state index contributed by atoms with van der Waals surface area (Å²) in [7, 11) is 1.40. The molecule has 228 valence electrons. The average molecular weight is 628 g/mol. The van der Waals surface area contributed by atoms with Gasteiger partial charge in [0.2, 0.25) is 0 Å². The second-order valence-electron chi connectivity index (χ2n) is 12.2. The van der Waals surface area contributed by atoms with E-state index in [1.165, 1.54) is 13.5 Å². The lowest BCUT2D eigenvalue weighted by molar-refractivity contribution is 0.0600. The first-order valence-corrected chi connectivity index (χ1v) is 15.9. The van der Waals surface area contributed by atoms with Gasteiger partial charge in [0.15, 0.2) is 5.11 Å². The fourth-order valence-corrected chi connectivity index (χ4v) is 7.73. The number of nitrogens with one attached hydrogen (secondary N) is 1. The number of aromatic nitrogens is 2. The predicted octanol–water partition coefficient (Wildman–Crippen LogP) is 7.59. The molecule has 4 atom stereocenters. The van der Waals surface area contributed by atoms with Crippen molar-refractivity contribution in [2.45, 2.75) is 46.2 Å². The number of rotatable bonds is 6. The lowest BCUT2D eigenvalue weighted by Crippen LogP contribution is -2.38. The van der Waals surface area contributed by atoms with E-state index >= 15 is 0 Å². The molecule has 0 spiro atoms. The topological polar surface area (TPSA) is 62.6 Å². The van der Waals surface area contributed by atoms with E-state index in [4.69, 9.17) is 33.5 Å². The van der Waals surface area contributed by atoms with Gasteiger partial charge in [-0.25, -0.2) is 4.79 Å². The molecule has 4 unspecified atom stereocenters. The molecule has 0 aliphatic carbocycles. The number of carbonyl (C=O) groups excluding carboxylic acids is 1. The highest BCUT2D eigenvalue weighted by atomic mass is 35.5. The summed E-state index contributed by atoms with van der Waals surface area (Å²) in [4.78, 5) is 21.6. The number of halogens is 1. The summed E-state index contributed by atoms with van der Waals surface area (Å²) >= 11 is 13.1. The van der Waals surface area contributed by atoms with Crippen molar-refractivity contribution >= 4 is 46.3 Å². The van der Waals surface area contributed by atoms with Gasteiger partial charge in [0, 0.05) is 42.0 Å². The number of esters is 1. The Labute approximate surface area is 269 Å². The average Bonchev–Trinajstić information content (AvgIpc) is 3.51. The lowest BCUT2D eigenvalue weighted by Gasteiger charge is -2.37. The highest BCUT2D eigenvalue weighted by Gasteiger charge is 2.42. The Hall–Kier alpha value is -3.88. The largest absolute Gasteiger partial charge is 0.465 e. The van der Waals surface area contributed by atoms with Crippen LogP contribution in [0.5, 0.6) is 0 Å². The maximum atomic E-state index is 12.3. The van der Waals surface area contributed by atoms with Crippen LogP contribution >= 0.6 is 23.8 Å². The summed E-state index contributed by atoms with van der Waals surface area (Å²) in [6, 6.07) is 21.6. The first kappa shape index (κ1) is 30.2. The first-order valence-electron chi connectivity index (χ1n) is 15.1. The number of pyridine rings is 1. The first-order chi connectivity index (χ1) is 21.2. The van der Waals surface area contributed by atoms with Crippen LogP contribution < -0.4 is 15.1 Å². The summed E-state index contributed by atoms with van der Waals surface area (Å²) < 4.78 is 7.15. The molecule has 4 heterocycles. The van der Waals surface area contributed by atoms with Crippen LogP contribution in [0.4, 0.5) is 11.4 Å². The molecule has 2 aromatic carbocycles. The summed E-state index contributed by atoms with van der Waals surface area (Å²) in [6.07, 6.45) is 3.05. The highest BCUT2D eigenvalue weighted by Crippen LogP contribution is 2.45. The van der Waals surface area contributed by atoms with Crippen molar-refractivity contribution < 1.29 is 9.53 Å². The van der Waals surface area contributed by atoms with E-state index in [0.717, 1.165) is 57.8 Å². The molecule has 0 saturated carbocycles. The standard InChI is InChI=1S/C35H38ClN5O2S/c1-21-15-22(2)20-39(19-21)31-13-12-27(18-29(31)36)41-33(32(38-35(41)44)30-11-6-7-14-37-30)28-16-23(3)40(24(28)4)26-10-8-9-25(17-26)34(42)43-5/h6-14,16-18,21-22,32-33H,15,19-20H2,1-5H3,(H,38,44). The number of aryl methyl sites for hydroxylation is 1. The fraction of sp³-hybridized carbons (Fsp3) is 0.343. The minimum absolute atomic E-state index is 0.193. The number of hydrogen-bond donors (Lipinski definition) is 1. The minimum Gasteiger partial charge on any atom is -0.465 e. The van der Waals surface area contributed by atoms with E-state index in [9.17, 15) is 4.79 Å². The Morgan fingerprint density at radius 3 is 2.45 bits per heavy atom. The summed E-state index contributed by atoms with van der Waals surface area (Å²) in [5.74, 6) is 0.879. The van der Waals surface area contributed by atoms with Crippen LogP contribution in [0.3, 0.4) is 0 Å². The Morgan fingerprint density at radius 1 is 1.00 bits per heavy atom. The molecule has 44 heavy (non-hydrogen) atoms. The Balaban J connectivity index is 1.44. The third-order valence-electron chi connectivity index (χ3n) is 8.83. The molecule has 1 N–H and O–H groups in total. The fourth-order valence-electron chi connectivity index (χ4n) is 7.08. The van der Waals surface area contributed by atoms with E-state index in [1.54, 1.807) is 6.07 Å². The molecule has 2 fully saturated rings. The third kappa shape index (κ3) is 5.57. The zero-order valence-electron chi connectivity index (χ0n) is 25.8. The van der Waals surface area contributed by atoms with E-state index in [2.05, 4.69) is 65.6 Å². The van der Waals surface area contributed by atoms with Crippen LogP contribution in [0.25, 0.3) is 5.69 Å². The number of anilines is 2. The van der Waals surface area contributed by atoms with Gasteiger partial charge < -0.3 is 24.4 Å². The van der Waals surface area contributed by atoms with Crippen molar-refractivity contribution in [3.05, 3.63) is 106 Å². The van der Waals surface area contributed by atoms with Crippen LogP contribution in [0.2, 0.25) is 5.02 Å². The Bertz CT molecular complexity index is 1700. The molecule has 2 aliphatic heterocycles. The van der Waals surface area contributed by atoms with Gasteiger partial charge in [-0.3, -0.25) is 4.98 Å². The zero-order chi connectivity index (χ0) is 31.1. The second kappa shape index (κ2) is 12.3. The van der Waals surface area contributed by atoms with Crippen molar-refractivity contribution in [1.82, 2.24) is 14.9 Å². The SMILES string of the molecule is COC(=O)c1cccc(-n2c(C)cc(C3C(c4ccccn4)NC(=S)N3c3ccc(N4CC(C)CC(C)C4)c(Cl)c3)c2C)c1. The highest BCUT2D eigenvalue weighted by molar-refractivity contribution is 7.80. The monoisotopic (exact) mass is 627 g/mol. The van der Waals surface area contributed by atoms with E-state index in [0.29, 0.717) is 22.5 Å². The molecule has 4 aromatic rings. The maximum absolute atomic E-state index is 12.3. The molecule has 2 saturated heterocycles. The number of ether oxygens (including phenoxy) is 1. The van der Waals surface area contributed by atoms with Gasteiger partial charge in [0.1, 0.15) is 0 Å². The molecule has 7 nitrogen and oxygen atoms in total. The van der Waals surface area contributed by atoms with Crippen LogP contribution in [0.15, 0.2) is 72.9 Å². The normalized spacial score (nSPS) is 21.8. The van der Waals surface area contributed by atoms with Crippen molar-refractivity contribution in [3.63, 3.8) is 0 Å². The van der Waals surface area contributed by atoms with Crippen LogP contribution in [-0.4, -0.2) is 40.8 Å².